The predicted molar refractivity (Wildman–Crippen MR) is 52.9 cm³/mol. The Labute approximate surface area is 108 Å². The molecule has 2 N–H and O–H groups in total. The summed E-state index contributed by atoms with van der Waals surface area (Å²) < 4.78 is 89.5. The van der Waals surface area contributed by atoms with E-state index in [2.05, 4.69) is 4.52 Å². The molecule has 11 heteroatoms. The fraction of sp³-hybridized carbons (Fsp3) is 0.333. The van der Waals surface area contributed by atoms with Crippen LogP contribution in [-0.4, -0.2) is 22.4 Å². The topological polar surface area (TPSA) is 66.8 Å². The number of halogens is 6. The van der Waals surface area contributed by atoms with Crippen LogP contribution in [0.5, 0.6) is 5.75 Å². The van der Waals surface area contributed by atoms with Crippen molar-refractivity contribution in [2.24, 2.45) is 0 Å². The lowest BCUT2D eigenvalue weighted by Gasteiger charge is -2.32. The van der Waals surface area contributed by atoms with Gasteiger partial charge < -0.3 is 5.11 Å². The van der Waals surface area contributed by atoms with Gasteiger partial charge in [0.25, 0.3) is 5.60 Å². The first-order valence-electron chi connectivity index (χ1n) is 4.70. The highest BCUT2D eigenvalue weighted by Gasteiger charge is 2.71. The molecule has 0 fully saturated rings. The van der Waals surface area contributed by atoms with Gasteiger partial charge in [-0.1, -0.05) is 12.1 Å². The molecule has 0 radical (unpaired) electrons. The molecule has 112 valence electrons. The highest BCUT2D eigenvalue weighted by molar-refractivity contribution is 7.32. The molecule has 0 aromatic heterocycles. The Bertz CT molecular complexity index is 481. The van der Waals surface area contributed by atoms with Crippen molar-refractivity contribution >= 4 is 8.25 Å². The Balaban J connectivity index is 3.27. The number of aliphatic hydroxyl groups is 1. The van der Waals surface area contributed by atoms with Crippen LogP contribution < -0.4 is 4.52 Å². The first-order valence-corrected chi connectivity index (χ1v) is 5.83. The van der Waals surface area contributed by atoms with Crippen LogP contribution in [0.25, 0.3) is 0 Å². The third-order valence-corrected chi connectivity index (χ3v) is 2.64. The van der Waals surface area contributed by atoms with Crippen molar-refractivity contribution in [1.29, 1.82) is 0 Å². The van der Waals surface area contributed by atoms with E-state index in [1.54, 1.807) is 0 Å². The summed E-state index contributed by atoms with van der Waals surface area (Å²) in [5.74, 6) is -0.427. The average molecular weight is 323 g/mol. The van der Waals surface area contributed by atoms with Gasteiger partial charge >= 0.3 is 20.6 Å². The molecule has 0 spiro atoms. The molecule has 1 aromatic rings. The van der Waals surface area contributed by atoms with Crippen molar-refractivity contribution in [2.45, 2.75) is 18.0 Å². The van der Waals surface area contributed by atoms with Crippen molar-refractivity contribution in [2.75, 3.05) is 0 Å². The van der Waals surface area contributed by atoms with Crippen LogP contribution in [-0.2, 0) is 10.2 Å². The van der Waals surface area contributed by atoms with Crippen molar-refractivity contribution in [1.82, 2.24) is 0 Å². The summed E-state index contributed by atoms with van der Waals surface area (Å²) in [5.41, 5.74) is -6.53. The molecule has 1 rings (SSSR count). The van der Waals surface area contributed by atoms with Crippen molar-refractivity contribution < 1.29 is 45.4 Å². The highest BCUT2D eigenvalue weighted by Crippen LogP contribution is 2.50. The minimum Gasteiger partial charge on any atom is -0.369 e. The molecule has 0 bridgehead atoms. The highest BCUT2D eigenvalue weighted by atomic mass is 31.1. The number of benzene rings is 1. The fourth-order valence-electron chi connectivity index (χ4n) is 1.34. The zero-order chi connectivity index (χ0) is 15.8. The lowest BCUT2D eigenvalue weighted by Crippen LogP contribution is -2.53. The maximum Gasteiger partial charge on any atom is 0.747 e. The van der Waals surface area contributed by atoms with E-state index in [9.17, 15) is 30.9 Å². The van der Waals surface area contributed by atoms with Crippen LogP contribution in [0.1, 0.15) is 5.56 Å². The van der Waals surface area contributed by atoms with E-state index in [1.807, 2.05) is 0 Å². The van der Waals surface area contributed by atoms with Gasteiger partial charge in [-0.3, -0.25) is 0 Å². The largest absolute Gasteiger partial charge is 0.747 e. The van der Waals surface area contributed by atoms with Gasteiger partial charge in [0, 0.05) is 10.1 Å². The van der Waals surface area contributed by atoms with Crippen molar-refractivity contribution in [3.63, 3.8) is 0 Å². The summed E-state index contributed by atoms with van der Waals surface area (Å²) >= 11 is 0. The summed E-state index contributed by atoms with van der Waals surface area (Å²) in [6, 6.07) is 1.80. The molecule has 1 aromatic carbocycles. The first-order chi connectivity index (χ1) is 8.89. The van der Waals surface area contributed by atoms with Crippen LogP contribution in [0.3, 0.4) is 0 Å². The molecule has 1 atom stereocenters. The summed E-state index contributed by atoms with van der Waals surface area (Å²) in [5, 5.41) is 9.03. The first kappa shape index (κ1) is 16.7. The molecule has 0 saturated heterocycles. The van der Waals surface area contributed by atoms with Gasteiger partial charge in [0.05, 0.1) is 0 Å². The van der Waals surface area contributed by atoms with Crippen LogP contribution >= 0.6 is 8.25 Å². The van der Waals surface area contributed by atoms with Gasteiger partial charge in [0.2, 0.25) is 0 Å². The molecule has 0 saturated carbocycles. The van der Waals surface area contributed by atoms with E-state index >= 15 is 0 Å². The monoisotopic (exact) mass is 323 g/mol. The number of hydrogen-bond donors (Lipinski definition) is 2. The maximum absolute atomic E-state index is 12.5. The van der Waals surface area contributed by atoms with Crippen molar-refractivity contribution in [3.8, 4) is 5.75 Å². The van der Waals surface area contributed by atoms with E-state index < -0.39 is 37.5 Å². The molecule has 0 heterocycles. The normalized spacial score (nSPS) is 14.1. The average Bonchev–Trinajstić information content (AvgIpc) is 2.25. The van der Waals surface area contributed by atoms with Gasteiger partial charge in [-0.05, 0) is 12.1 Å². The standard InChI is InChI=1S/C9H5F6O4P/c10-8(11,12)7(16,9(13,14)15)5-1-3-6(4-2-5)19-20(17)18/h1-4,16H/p+1. The molecular weight excluding hydrogens is 317 g/mol. The Hall–Kier alpha value is -1.38. The zero-order valence-electron chi connectivity index (χ0n) is 9.24. The maximum atomic E-state index is 12.5. The summed E-state index contributed by atoms with van der Waals surface area (Å²) in [6.07, 6.45) is -12.0. The Morgan fingerprint density at radius 3 is 1.65 bits per heavy atom. The molecule has 0 aliphatic heterocycles. The summed E-state index contributed by atoms with van der Waals surface area (Å²) in [6.45, 7) is 0. The smallest absolute Gasteiger partial charge is 0.369 e. The van der Waals surface area contributed by atoms with E-state index in [0.717, 1.165) is 0 Å². The van der Waals surface area contributed by atoms with Crippen molar-refractivity contribution in [3.05, 3.63) is 29.8 Å². The number of alkyl halides is 6. The van der Waals surface area contributed by atoms with Crippen LogP contribution in [0.15, 0.2) is 24.3 Å². The number of rotatable bonds is 3. The van der Waals surface area contributed by atoms with Gasteiger partial charge in [-0.15, -0.1) is 4.89 Å². The Kier molecular flexibility index (Phi) is 4.33. The number of hydrogen-bond acceptors (Lipinski definition) is 3. The predicted octanol–water partition coefficient (Wildman–Crippen LogP) is 3.03. The third-order valence-electron chi connectivity index (χ3n) is 2.28. The third kappa shape index (κ3) is 3.02. The minimum absolute atomic E-state index is 0.301. The molecule has 0 amide bonds. The van der Waals surface area contributed by atoms with Gasteiger partial charge in [0.15, 0.2) is 5.75 Å². The van der Waals surface area contributed by atoms with Crippen LogP contribution in [0.2, 0.25) is 0 Å². The van der Waals surface area contributed by atoms with Gasteiger partial charge in [-0.2, -0.15) is 26.3 Å². The summed E-state index contributed by atoms with van der Waals surface area (Å²) in [7, 11) is -3.12. The lowest BCUT2D eigenvalue weighted by atomic mass is 9.92. The Morgan fingerprint density at radius 1 is 0.950 bits per heavy atom. The van der Waals surface area contributed by atoms with E-state index in [0.29, 0.717) is 24.3 Å². The molecular formula is C9H6F6O4P+. The second kappa shape index (κ2) is 5.19. The van der Waals surface area contributed by atoms with E-state index in [4.69, 9.17) is 10.00 Å². The lowest BCUT2D eigenvalue weighted by molar-refractivity contribution is -0.376. The molecule has 0 aliphatic rings. The minimum atomic E-state index is -5.99. The van der Waals surface area contributed by atoms with Gasteiger partial charge in [0.1, 0.15) is 0 Å². The quantitative estimate of drug-likeness (QED) is 0.663. The summed E-state index contributed by atoms with van der Waals surface area (Å²) in [4.78, 5) is 8.37. The molecule has 0 aliphatic carbocycles. The van der Waals surface area contributed by atoms with Gasteiger partial charge in [-0.25, -0.2) is 4.52 Å². The van der Waals surface area contributed by atoms with Crippen LogP contribution in [0, 0.1) is 0 Å². The van der Waals surface area contributed by atoms with E-state index in [-0.39, 0.29) is 0 Å². The fourth-order valence-corrected chi connectivity index (χ4v) is 1.64. The molecule has 20 heavy (non-hydrogen) atoms. The zero-order valence-corrected chi connectivity index (χ0v) is 10.1. The second-order valence-corrected chi connectivity index (χ2v) is 4.22. The molecule has 1 unspecified atom stereocenters. The molecule has 4 nitrogen and oxygen atoms in total. The Morgan fingerprint density at radius 2 is 1.35 bits per heavy atom. The SMILES string of the molecule is O=[P+](O)Oc1ccc(C(O)(C(F)(F)F)C(F)(F)F)cc1. The second-order valence-electron chi connectivity index (χ2n) is 3.56. The van der Waals surface area contributed by atoms with Crippen LogP contribution in [0.4, 0.5) is 26.3 Å². The van der Waals surface area contributed by atoms with E-state index in [1.165, 1.54) is 0 Å².